The highest BCUT2D eigenvalue weighted by molar-refractivity contribution is 7.98. The van der Waals surface area contributed by atoms with E-state index in [1.165, 1.54) is 0 Å². The quantitative estimate of drug-likeness (QED) is 0.348. The zero-order valence-electron chi connectivity index (χ0n) is 18.7. The van der Waals surface area contributed by atoms with Crippen molar-refractivity contribution in [1.29, 1.82) is 0 Å². The Morgan fingerprint density at radius 3 is 1.84 bits per heavy atom. The van der Waals surface area contributed by atoms with Crippen molar-refractivity contribution in [1.82, 2.24) is 0 Å². The average Bonchev–Trinajstić information content (AvgIpc) is 3.31. The average molecular weight is 447 g/mol. The van der Waals surface area contributed by atoms with Gasteiger partial charge in [0.25, 0.3) is 0 Å². The zero-order chi connectivity index (χ0) is 22.4. The highest BCUT2D eigenvalue weighted by Crippen LogP contribution is 2.48. The van der Waals surface area contributed by atoms with Gasteiger partial charge in [0.05, 0.1) is 45.5 Å². The lowest BCUT2D eigenvalue weighted by Gasteiger charge is -2.20. The summed E-state index contributed by atoms with van der Waals surface area (Å²) in [6.07, 6.45) is 5.41. The number of hydrogen-bond donors (Lipinski definition) is 0. The second-order valence-electron chi connectivity index (χ2n) is 7.00. The van der Waals surface area contributed by atoms with E-state index in [0.717, 1.165) is 34.6 Å². The van der Waals surface area contributed by atoms with Crippen molar-refractivity contribution >= 4 is 11.8 Å². The number of hydrogen-bond acceptors (Lipinski definition) is 7. The molecule has 2 aromatic rings. The summed E-state index contributed by atoms with van der Waals surface area (Å²) in [5.41, 5.74) is 2.07. The largest absolute Gasteiger partial charge is 0.493 e. The van der Waals surface area contributed by atoms with Gasteiger partial charge in [-0.05, 0) is 54.5 Å². The molecule has 168 valence electrons. The van der Waals surface area contributed by atoms with Crippen LogP contribution in [0.2, 0.25) is 0 Å². The van der Waals surface area contributed by atoms with Gasteiger partial charge < -0.3 is 28.4 Å². The van der Waals surface area contributed by atoms with Crippen LogP contribution in [0.3, 0.4) is 0 Å². The van der Waals surface area contributed by atoms with Gasteiger partial charge in [-0.1, -0.05) is 12.7 Å². The Bertz CT molecular complexity index is 863. The van der Waals surface area contributed by atoms with Crippen molar-refractivity contribution in [2.45, 2.75) is 29.9 Å². The second kappa shape index (κ2) is 10.7. The molecule has 0 spiro atoms. The van der Waals surface area contributed by atoms with Gasteiger partial charge in [0.2, 0.25) is 5.75 Å². The van der Waals surface area contributed by atoms with E-state index in [1.54, 1.807) is 46.3 Å². The Morgan fingerprint density at radius 2 is 1.39 bits per heavy atom. The Kier molecular flexibility index (Phi) is 7.98. The van der Waals surface area contributed by atoms with Crippen molar-refractivity contribution in [2.24, 2.45) is 0 Å². The lowest BCUT2D eigenvalue weighted by atomic mass is 10.0. The molecule has 2 aromatic carbocycles. The smallest absolute Gasteiger partial charge is 0.203 e. The van der Waals surface area contributed by atoms with E-state index in [0.29, 0.717) is 29.6 Å². The highest BCUT2D eigenvalue weighted by Gasteiger charge is 2.30. The van der Waals surface area contributed by atoms with E-state index in [4.69, 9.17) is 28.4 Å². The van der Waals surface area contributed by atoms with Crippen LogP contribution in [0.25, 0.3) is 0 Å². The van der Waals surface area contributed by atoms with Gasteiger partial charge in [0.1, 0.15) is 6.61 Å². The van der Waals surface area contributed by atoms with E-state index in [-0.39, 0.29) is 12.2 Å². The first-order valence-corrected chi connectivity index (χ1v) is 11.3. The molecular weight excluding hydrogens is 416 g/mol. The first kappa shape index (κ1) is 23.2. The lowest BCUT2D eigenvalue weighted by molar-refractivity contribution is 0.0435. The van der Waals surface area contributed by atoms with E-state index in [2.05, 4.69) is 12.6 Å². The molecule has 3 rings (SSSR count). The van der Waals surface area contributed by atoms with Crippen molar-refractivity contribution in [3.63, 3.8) is 0 Å². The molecule has 0 unspecified atom stereocenters. The summed E-state index contributed by atoms with van der Waals surface area (Å²) in [6, 6.07) is 8.03. The topological polar surface area (TPSA) is 55.4 Å². The van der Waals surface area contributed by atoms with Crippen LogP contribution < -0.4 is 23.7 Å². The molecule has 0 N–H and O–H groups in total. The SMILES string of the molecule is C=CCOc1c(OC)cc([C@H]2CC[C@@H](c3cc(OC)c(OC)c(OC)c3)O2)cc1SC. The van der Waals surface area contributed by atoms with Crippen LogP contribution >= 0.6 is 11.8 Å². The standard InChI is InChI=1S/C24H30O6S/c1-7-10-29-24-21(27-4)13-16(14-22(24)31-6)18-9-8-17(30-18)15-11-19(25-2)23(28-5)20(12-15)26-3/h7,11-14,17-18H,1,8-10H2,2-6H3/t17-,18+/m0/s1. The highest BCUT2D eigenvalue weighted by atomic mass is 32.2. The van der Waals surface area contributed by atoms with Gasteiger partial charge in [-0.15, -0.1) is 11.8 Å². The van der Waals surface area contributed by atoms with Crippen molar-refractivity contribution in [3.8, 4) is 28.7 Å². The van der Waals surface area contributed by atoms with Crippen LogP contribution in [-0.2, 0) is 4.74 Å². The molecule has 0 aromatic heterocycles. The monoisotopic (exact) mass is 446 g/mol. The fraction of sp³-hybridized carbons (Fsp3) is 0.417. The van der Waals surface area contributed by atoms with Gasteiger partial charge in [-0.3, -0.25) is 0 Å². The fourth-order valence-electron chi connectivity index (χ4n) is 3.79. The second-order valence-corrected chi connectivity index (χ2v) is 7.85. The van der Waals surface area contributed by atoms with E-state index >= 15 is 0 Å². The number of ether oxygens (including phenoxy) is 6. The molecule has 0 radical (unpaired) electrons. The Labute approximate surface area is 188 Å². The molecule has 2 atom stereocenters. The number of methoxy groups -OCH3 is 4. The minimum atomic E-state index is -0.0703. The molecule has 1 saturated heterocycles. The van der Waals surface area contributed by atoms with E-state index in [9.17, 15) is 0 Å². The predicted octanol–water partition coefficient (Wildman–Crippen LogP) is 5.60. The Balaban J connectivity index is 1.88. The summed E-state index contributed by atoms with van der Waals surface area (Å²) >= 11 is 1.62. The van der Waals surface area contributed by atoms with Gasteiger partial charge in [0, 0.05) is 0 Å². The maximum absolute atomic E-state index is 6.45. The fourth-order valence-corrected chi connectivity index (χ4v) is 4.38. The van der Waals surface area contributed by atoms with E-state index < -0.39 is 0 Å². The summed E-state index contributed by atoms with van der Waals surface area (Å²) in [5, 5.41) is 0. The van der Waals surface area contributed by atoms with Crippen molar-refractivity contribution in [3.05, 3.63) is 48.0 Å². The predicted molar refractivity (Wildman–Crippen MR) is 122 cm³/mol. The van der Waals surface area contributed by atoms with E-state index in [1.807, 2.05) is 24.5 Å². The minimum absolute atomic E-state index is 0.0441. The molecule has 0 bridgehead atoms. The van der Waals surface area contributed by atoms with Crippen LogP contribution in [-0.4, -0.2) is 41.3 Å². The third-order valence-electron chi connectivity index (χ3n) is 5.28. The molecule has 7 heteroatoms. The third-order valence-corrected chi connectivity index (χ3v) is 6.02. The van der Waals surface area contributed by atoms with Crippen molar-refractivity contribution < 1.29 is 28.4 Å². The van der Waals surface area contributed by atoms with Crippen LogP contribution in [0.15, 0.2) is 41.8 Å². The molecule has 1 aliphatic rings. The Morgan fingerprint density at radius 1 is 0.871 bits per heavy atom. The third kappa shape index (κ3) is 4.88. The van der Waals surface area contributed by atoms with Crippen LogP contribution in [0.1, 0.15) is 36.2 Å². The normalized spacial score (nSPS) is 17.8. The minimum Gasteiger partial charge on any atom is -0.493 e. The molecule has 6 nitrogen and oxygen atoms in total. The molecule has 0 amide bonds. The lowest BCUT2D eigenvalue weighted by Crippen LogP contribution is -2.04. The van der Waals surface area contributed by atoms with Gasteiger partial charge in [0.15, 0.2) is 23.0 Å². The van der Waals surface area contributed by atoms with Crippen LogP contribution in [0.4, 0.5) is 0 Å². The number of benzene rings is 2. The maximum Gasteiger partial charge on any atom is 0.203 e. The summed E-state index contributed by atoms with van der Waals surface area (Å²) < 4.78 is 34.3. The van der Waals surface area contributed by atoms with Gasteiger partial charge >= 0.3 is 0 Å². The number of rotatable bonds is 10. The summed E-state index contributed by atoms with van der Waals surface area (Å²) in [6.45, 7) is 4.14. The molecule has 0 saturated carbocycles. The van der Waals surface area contributed by atoms with Gasteiger partial charge in [-0.2, -0.15) is 0 Å². The van der Waals surface area contributed by atoms with Crippen LogP contribution in [0.5, 0.6) is 28.7 Å². The summed E-state index contributed by atoms with van der Waals surface area (Å²) in [4.78, 5) is 1.01. The first-order valence-electron chi connectivity index (χ1n) is 10.0. The molecule has 1 fully saturated rings. The molecule has 0 aliphatic carbocycles. The molecule has 31 heavy (non-hydrogen) atoms. The Hall–Kier alpha value is -2.51. The molecule has 1 aliphatic heterocycles. The number of thioether (sulfide) groups is 1. The molecule has 1 heterocycles. The maximum atomic E-state index is 6.45. The van der Waals surface area contributed by atoms with Crippen molar-refractivity contribution in [2.75, 3.05) is 41.3 Å². The summed E-state index contributed by atoms with van der Waals surface area (Å²) in [5.74, 6) is 3.26. The van der Waals surface area contributed by atoms with Crippen LogP contribution in [0, 0.1) is 0 Å². The summed E-state index contributed by atoms with van der Waals surface area (Å²) in [7, 11) is 6.48. The molecular formula is C24H30O6S. The zero-order valence-corrected chi connectivity index (χ0v) is 19.5. The first-order chi connectivity index (χ1) is 15.1. The van der Waals surface area contributed by atoms with Gasteiger partial charge in [-0.25, -0.2) is 0 Å².